The molecule has 2 N–H and O–H groups in total. The van der Waals surface area contributed by atoms with E-state index in [2.05, 4.69) is 87.7 Å². The molecular weight excluding hydrogens is 452 g/mol. The Bertz CT molecular complexity index is 1280. The van der Waals surface area contributed by atoms with Crippen molar-refractivity contribution < 1.29 is 9.53 Å². The van der Waals surface area contributed by atoms with Crippen molar-refractivity contribution in [2.75, 3.05) is 38.5 Å². The van der Waals surface area contributed by atoms with Crippen molar-refractivity contribution in [3.05, 3.63) is 72.5 Å². The number of rotatable bonds is 9. The van der Waals surface area contributed by atoms with Crippen LogP contribution in [0.4, 0.5) is 11.6 Å². The number of imidazole rings is 1. The zero-order valence-electron chi connectivity index (χ0n) is 21.1. The van der Waals surface area contributed by atoms with Gasteiger partial charge in [0.15, 0.2) is 0 Å². The Morgan fingerprint density at radius 1 is 1.17 bits per heavy atom. The van der Waals surface area contributed by atoms with Crippen LogP contribution in [-0.4, -0.2) is 64.7 Å². The SMILES string of the molecule is Cc1ccc(Nc2nc3cc(OC4(C5CCN(CCNC=O)C5)C=CC=CN4C)ccc3n2C)cc1. The monoisotopic (exact) mass is 486 g/mol. The molecule has 2 aromatic carbocycles. The van der Waals surface area contributed by atoms with Crippen molar-refractivity contribution in [1.29, 1.82) is 0 Å². The van der Waals surface area contributed by atoms with E-state index in [0.29, 0.717) is 6.54 Å². The first-order chi connectivity index (χ1) is 17.5. The predicted octanol–water partition coefficient (Wildman–Crippen LogP) is 3.78. The number of nitrogens with one attached hydrogen (secondary N) is 2. The Balaban J connectivity index is 1.38. The maximum absolute atomic E-state index is 10.6. The third-order valence-electron chi connectivity index (χ3n) is 7.26. The number of hydrogen-bond acceptors (Lipinski definition) is 6. The molecule has 2 atom stereocenters. The lowest BCUT2D eigenvalue weighted by Crippen LogP contribution is -2.54. The summed E-state index contributed by atoms with van der Waals surface area (Å²) in [5.41, 5.74) is 3.55. The summed E-state index contributed by atoms with van der Waals surface area (Å²) in [7, 11) is 4.09. The van der Waals surface area contributed by atoms with Crippen molar-refractivity contribution in [2.24, 2.45) is 13.0 Å². The van der Waals surface area contributed by atoms with Crippen LogP contribution in [0.5, 0.6) is 5.75 Å². The zero-order valence-corrected chi connectivity index (χ0v) is 21.1. The molecule has 2 unspecified atom stereocenters. The first-order valence-corrected chi connectivity index (χ1v) is 12.5. The highest BCUT2D eigenvalue weighted by Gasteiger charge is 2.45. The van der Waals surface area contributed by atoms with E-state index in [1.807, 2.05) is 25.3 Å². The van der Waals surface area contributed by atoms with Crippen LogP contribution >= 0.6 is 0 Å². The Morgan fingerprint density at radius 2 is 2.00 bits per heavy atom. The largest absolute Gasteiger partial charge is 0.464 e. The van der Waals surface area contributed by atoms with Gasteiger partial charge >= 0.3 is 0 Å². The first-order valence-electron chi connectivity index (χ1n) is 12.5. The van der Waals surface area contributed by atoms with Crippen molar-refractivity contribution in [3.8, 4) is 5.75 Å². The number of aromatic nitrogens is 2. The topological polar surface area (TPSA) is 74.7 Å². The van der Waals surface area contributed by atoms with E-state index in [-0.39, 0.29) is 5.92 Å². The average Bonchev–Trinajstić information content (AvgIpc) is 3.47. The molecule has 36 heavy (non-hydrogen) atoms. The number of nitrogens with zero attached hydrogens (tertiary/aromatic N) is 4. The third kappa shape index (κ3) is 4.68. The lowest BCUT2D eigenvalue weighted by Gasteiger charge is -2.44. The maximum atomic E-state index is 10.6. The number of likely N-dealkylation sites (N-methyl/N-ethyl adjacent to an activating group) is 1. The smallest absolute Gasteiger partial charge is 0.208 e. The number of likely N-dealkylation sites (tertiary alicyclic amines) is 1. The quantitative estimate of drug-likeness (QED) is 0.354. The summed E-state index contributed by atoms with van der Waals surface area (Å²) in [6, 6.07) is 14.4. The number of carbonyl (C=O) groups excluding carboxylic acids is 1. The number of ether oxygens (including phenoxy) is 1. The molecule has 8 heteroatoms. The van der Waals surface area contributed by atoms with Crippen LogP contribution in [0.25, 0.3) is 11.0 Å². The van der Waals surface area contributed by atoms with Gasteiger partial charge in [0.05, 0.1) is 11.0 Å². The zero-order chi connectivity index (χ0) is 25.1. The van der Waals surface area contributed by atoms with Crippen LogP contribution in [0, 0.1) is 12.8 Å². The van der Waals surface area contributed by atoms with E-state index in [1.165, 1.54) is 5.56 Å². The standard InChI is InChI=1S/C28H34N6O2/c1-21-6-8-23(9-7-21)30-27-31-25-18-24(10-11-26(25)33(27)3)36-28(13-4-5-15-32(28)2)22-12-16-34(19-22)17-14-29-20-35/h4-11,13,15,18,20,22H,12,14,16-17,19H2,1-3H3,(H,29,35)(H,30,31). The van der Waals surface area contributed by atoms with Gasteiger partial charge in [0.2, 0.25) is 18.1 Å². The molecule has 0 spiro atoms. The van der Waals surface area contributed by atoms with Gasteiger partial charge in [-0.05, 0) is 56.3 Å². The van der Waals surface area contributed by atoms with Crippen LogP contribution in [0.15, 0.2) is 66.9 Å². The van der Waals surface area contributed by atoms with Crippen molar-refractivity contribution in [3.63, 3.8) is 0 Å². The van der Waals surface area contributed by atoms with Gasteiger partial charge in [0, 0.05) is 57.6 Å². The first kappa shape index (κ1) is 23.9. The molecule has 0 aliphatic carbocycles. The number of anilines is 2. The molecule has 2 aliphatic rings. The minimum atomic E-state index is -0.590. The maximum Gasteiger partial charge on any atom is 0.208 e. The fourth-order valence-corrected chi connectivity index (χ4v) is 5.18. The Hall–Kier alpha value is -3.78. The van der Waals surface area contributed by atoms with Gasteiger partial charge in [-0.15, -0.1) is 0 Å². The van der Waals surface area contributed by atoms with Crippen molar-refractivity contribution in [1.82, 2.24) is 24.7 Å². The molecule has 1 aromatic heterocycles. The van der Waals surface area contributed by atoms with Crippen LogP contribution < -0.4 is 15.4 Å². The van der Waals surface area contributed by atoms with Gasteiger partial charge in [-0.3, -0.25) is 4.79 Å². The Kier molecular flexibility index (Phi) is 6.69. The van der Waals surface area contributed by atoms with Crippen LogP contribution in [0.1, 0.15) is 12.0 Å². The second-order valence-electron chi connectivity index (χ2n) is 9.66. The lowest BCUT2D eigenvalue weighted by molar-refractivity contribution is -0.109. The molecule has 0 saturated carbocycles. The number of amides is 1. The van der Waals surface area contributed by atoms with E-state index in [1.54, 1.807) is 0 Å². The van der Waals surface area contributed by atoms with Gasteiger partial charge in [-0.25, -0.2) is 4.98 Å². The highest BCUT2D eigenvalue weighted by Crippen LogP contribution is 2.38. The lowest BCUT2D eigenvalue weighted by atomic mass is 9.91. The number of hydrogen-bond donors (Lipinski definition) is 2. The Labute approximate surface area is 212 Å². The molecule has 2 aliphatic heterocycles. The van der Waals surface area contributed by atoms with Gasteiger partial charge < -0.3 is 29.7 Å². The summed E-state index contributed by atoms with van der Waals surface area (Å²) in [5.74, 6) is 1.85. The molecule has 8 nitrogen and oxygen atoms in total. The summed E-state index contributed by atoms with van der Waals surface area (Å²) < 4.78 is 8.88. The number of aryl methyl sites for hydroxylation is 2. The van der Waals surface area contributed by atoms with E-state index >= 15 is 0 Å². The normalized spacial score (nSPS) is 21.8. The van der Waals surface area contributed by atoms with Gasteiger partial charge in [0.1, 0.15) is 5.75 Å². The average molecular weight is 487 g/mol. The molecule has 1 saturated heterocycles. The van der Waals surface area contributed by atoms with E-state index in [4.69, 9.17) is 9.72 Å². The minimum Gasteiger partial charge on any atom is -0.464 e. The summed E-state index contributed by atoms with van der Waals surface area (Å²) in [4.78, 5) is 20.0. The number of allylic oxidation sites excluding steroid dienone is 2. The molecule has 3 aromatic rings. The third-order valence-corrected chi connectivity index (χ3v) is 7.26. The second-order valence-corrected chi connectivity index (χ2v) is 9.66. The van der Waals surface area contributed by atoms with Crippen molar-refractivity contribution >= 4 is 29.1 Å². The van der Waals surface area contributed by atoms with Crippen LogP contribution in [0.3, 0.4) is 0 Å². The minimum absolute atomic E-state index is 0.276. The van der Waals surface area contributed by atoms with Gasteiger partial charge in [0.25, 0.3) is 0 Å². The van der Waals surface area contributed by atoms with Crippen LogP contribution in [0.2, 0.25) is 0 Å². The molecule has 188 valence electrons. The summed E-state index contributed by atoms with van der Waals surface area (Å²) in [5, 5.41) is 6.19. The second kappa shape index (κ2) is 10.1. The molecular formula is C28H34N6O2. The van der Waals surface area contributed by atoms with Crippen LogP contribution in [-0.2, 0) is 11.8 Å². The van der Waals surface area contributed by atoms with E-state index < -0.39 is 5.72 Å². The van der Waals surface area contributed by atoms with Gasteiger partial charge in [-0.2, -0.15) is 0 Å². The molecule has 1 fully saturated rings. The summed E-state index contributed by atoms with van der Waals surface area (Å²) >= 11 is 0. The number of benzene rings is 2. The summed E-state index contributed by atoms with van der Waals surface area (Å²) in [6.45, 7) is 5.46. The number of carbonyl (C=O) groups is 1. The summed E-state index contributed by atoms with van der Waals surface area (Å²) in [6.07, 6.45) is 10.1. The predicted molar refractivity (Wildman–Crippen MR) is 143 cm³/mol. The fraction of sp³-hybridized carbons (Fsp3) is 0.357. The highest BCUT2D eigenvalue weighted by molar-refractivity contribution is 5.81. The fourth-order valence-electron chi connectivity index (χ4n) is 5.18. The highest BCUT2D eigenvalue weighted by atomic mass is 16.5. The molecule has 0 bridgehead atoms. The molecule has 0 radical (unpaired) electrons. The van der Waals surface area contributed by atoms with Crippen molar-refractivity contribution in [2.45, 2.75) is 19.1 Å². The molecule has 3 heterocycles. The Morgan fingerprint density at radius 3 is 2.78 bits per heavy atom. The molecule has 1 amide bonds. The number of fused-ring (bicyclic) bond motifs is 1. The van der Waals surface area contributed by atoms with E-state index in [0.717, 1.165) is 60.9 Å². The molecule has 5 rings (SSSR count). The van der Waals surface area contributed by atoms with Gasteiger partial charge in [-0.1, -0.05) is 23.8 Å². The van der Waals surface area contributed by atoms with E-state index in [9.17, 15) is 4.79 Å².